The van der Waals surface area contributed by atoms with Gasteiger partial charge in [-0.2, -0.15) is 0 Å². The smallest absolute Gasteiger partial charge is 0.123 e. The van der Waals surface area contributed by atoms with Crippen LogP contribution in [0.15, 0.2) is 24.3 Å². The number of thiazole rings is 1. The summed E-state index contributed by atoms with van der Waals surface area (Å²) in [5.41, 5.74) is 9.46. The van der Waals surface area contributed by atoms with E-state index in [9.17, 15) is 0 Å². The minimum absolute atomic E-state index is 0.392. The van der Waals surface area contributed by atoms with Crippen molar-refractivity contribution in [1.29, 1.82) is 0 Å². The molecule has 2 N–H and O–H groups in total. The van der Waals surface area contributed by atoms with Crippen molar-refractivity contribution in [2.24, 2.45) is 11.3 Å². The monoisotopic (exact) mass is 286 g/mol. The van der Waals surface area contributed by atoms with E-state index in [-0.39, 0.29) is 0 Å². The summed E-state index contributed by atoms with van der Waals surface area (Å²) in [5.74, 6) is 0.773. The van der Waals surface area contributed by atoms with Gasteiger partial charge in [0.2, 0.25) is 0 Å². The van der Waals surface area contributed by atoms with Gasteiger partial charge < -0.3 is 5.73 Å². The highest BCUT2D eigenvalue weighted by molar-refractivity contribution is 7.15. The summed E-state index contributed by atoms with van der Waals surface area (Å²) in [6.45, 7) is 7.06. The summed E-state index contributed by atoms with van der Waals surface area (Å²) >= 11 is 1.86. The standard InChI is InChI=1S/C17H22N2S/c1-17(2,3)12-6-9-14-15(10-12)20-16(19-14)11-4-7-13(18)8-5-11/h4-5,7-8,12H,6,9-10,18H2,1-3H3. The number of benzene rings is 1. The highest BCUT2D eigenvalue weighted by atomic mass is 32.1. The second-order valence-electron chi connectivity index (χ2n) is 6.82. The molecular weight excluding hydrogens is 264 g/mol. The molecule has 0 radical (unpaired) electrons. The third kappa shape index (κ3) is 2.59. The largest absolute Gasteiger partial charge is 0.399 e. The maximum atomic E-state index is 5.75. The molecule has 1 aliphatic carbocycles. The molecule has 1 atom stereocenters. The molecule has 0 bridgehead atoms. The van der Waals surface area contributed by atoms with Crippen molar-refractivity contribution in [3.8, 4) is 10.6 Å². The summed E-state index contributed by atoms with van der Waals surface area (Å²) in [5, 5.41) is 1.14. The molecule has 0 aliphatic heterocycles. The second-order valence-corrected chi connectivity index (χ2v) is 7.90. The lowest BCUT2D eigenvalue weighted by Crippen LogP contribution is -2.26. The van der Waals surface area contributed by atoms with Gasteiger partial charge in [-0.05, 0) is 54.9 Å². The molecule has 0 amide bonds. The lowest BCUT2D eigenvalue weighted by Gasteiger charge is -2.33. The van der Waals surface area contributed by atoms with Gasteiger partial charge in [-0.15, -0.1) is 11.3 Å². The Hall–Kier alpha value is -1.35. The first kappa shape index (κ1) is 13.6. The van der Waals surface area contributed by atoms with Crippen LogP contribution in [0.1, 0.15) is 37.8 Å². The summed E-state index contributed by atoms with van der Waals surface area (Å²) in [6.07, 6.45) is 3.58. The topological polar surface area (TPSA) is 38.9 Å². The van der Waals surface area contributed by atoms with Crippen LogP contribution in [-0.2, 0) is 12.8 Å². The molecule has 1 heterocycles. The fourth-order valence-electron chi connectivity index (χ4n) is 2.86. The molecule has 1 aliphatic rings. The van der Waals surface area contributed by atoms with Crippen LogP contribution in [0, 0.1) is 11.3 Å². The predicted octanol–water partition coefficient (Wildman–Crippen LogP) is 4.54. The molecule has 1 unspecified atom stereocenters. The molecule has 1 aromatic carbocycles. The summed E-state index contributed by atoms with van der Waals surface area (Å²) in [7, 11) is 0. The van der Waals surface area contributed by atoms with Gasteiger partial charge >= 0.3 is 0 Å². The van der Waals surface area contributed by atoms with E-state index in [1.54, 1.807) is 0 Å². The summed E-state index contributed by atoms with van der Waals surface area (Å²) in [4.78, 5) is 6.33. The van der Waals surface area contributed by atoms with Crippen LogP contribution in [0.3, 0.4) is 0 Å². The van der Waals surface area contributed by atoms with Gasteiger partial charge in [0.1, 0.15) is 5.01 Å². The number of rotatable bonds is 1. The van der Waals surface area contributed by atoms with Gasteiger partial charge in [0.15, 0.2) is 0 Å². The maximum Gasteiger partial charge on any atom is 0.123 e. The van der Waals surface area contributed by atoms with Crippen LogP contribution in [0.5, 0.6) is 0 Å². The van der Waals surface area contributed by atoms with Gasteiger partial charge in [-0.1, -0.05) is 20.8 Å². The van der Waals surface area contributed by atoms with Gasteiger partial charge in [-0.3, -0.25) is 0 Å². The van der Waals surface area contributed by atoms with E-state index in [1.807, 2.05) is 23.5 Å². The van der Waals surface area contributed by atoms with Crippen molar-refractivity contribution in [1.82, 2.24) is 4.98 Å². The lowest BCUT2D eigenvalue weighted by atomic mass is 9.73. The quantitative estimate of drug-likeness (QED) is 0.781. The molecule has 3 rings (SSSR count). The van der Waals surface area contributed by atoms with Crippen molar-refractivity contribution in [2.75, 3.05) is 5.73 Å². The third-order valence-electron chi connectivity index (χ3n) is 4.32. The van der Waals surface area contributed by atoms with Crippen molar-refractivity contribution in [3.63, 3.8) is 0 Å². The zero-order valence-corrected chi connectivity index (χ0v) is 13.3. The van der Waals surface area contributed by atoms with Crippen LogP contribution in [-0.4, -0.2) is 4.98 Å². The molecule has 0 spiro atoms. The molecular formula is C17H22N2S. The number of aromatic nitrogens is 1. The Labute approximate surface area is 125 Å². The summed E-state index contributed by atoms with van der Waals surface area (Å²) < 4.78 is 0. The van der Waals surface area contributed by atoms with E-state index >= 15 is 0 Å². The van der Waals surface area contributed by atoms with Crippen molar-refractivity contribution < 1.29 is 0 Å². The molecule has 1 aromatic heterocycles. The van der Waals surface area contributed by atoms with Crippen molar-refractivity contribution >= 4 is 17.0 Å². The third-order valence-corrected chi connectivity index (χ3v) is 5.49. The Balaban J connectivity index is 1.89. The molecule has 3 heteroatoms. The normalized spacial score (nSPS) is 18.9. The minimum atomic E-state index is 0.392. The van der Waals surface area contributed by atoms with E-state index in [0.29, 0.717) is 5.41 Å². The first-order chi connectivity index (χ1) is 9.43. The van der Waals surface area contributed by atoms with Crippen LogP contribution in [0.2, 0.25) is 0 Å². The molecule has 0 saturated heterocycles. The predicted molar refractivity (Wildman–Crippen MR) is 86.9 cm³/mol. The van der Waals surface area contributed by atoms with Gasteiger partial charge in [-0.25, -0.2) is 4.98 Å². The van der Waals surface area contributed by atoms with Gasteiger partial charge in [0.05, 0.1) is 5.69 Å². The Kier molecular flexibility index (Phi) is 3.33. The van der Waals surface area contributed by atoms with E-state index in [4.69, 9.17) is 10.7 Å². The highest BCUT2D eigenvalue weighted by Crippen LogP contribution is 2.40. The fraction of sp³-hybridized carbons (Fsp3) is 0.471. The number of hydrogen-bond acceptors (Lipinski definition) is 3. The highest BCUT2D eigenvalue weighted by Gasteiger charge is 2.30. The van der Waals surface area contributed by atoms with Crippen molar-refractivity contribution in [2.45, 2.75) is 40.0 Å². The van der Waals surface area contributed by atoms with E-state index in [1.165, 1.54) is 29.0 Å². The maximum absolute atomic E-state index is 5.75. The van der Waals surface area contributed by atoms with Gasteiger partial charge in [0, 0.05) is 16.1 Å². The van der Waals surface area contributed by atoms with Gasteiger partial charge in [0.25, 0.3) is 0 Å². The molecule has 0 fully saturated rings. The average molecular weight is 286 g/mol. The van der Waals surface area contributed by atoms with Crippen LogP contribution < -0.4 is 5.73 Å². The Bertz CT molecular complexity index is 605. The average Bonchev–Trinajstić information content (AvgIpc) is 2.81. The lowest BCUT2D eigenvalue weighted by molar-refractivity contribution is 0.217. The van der Waals surface area contributed by atoms with Crippen LogP contribution >= 0.6 is 11.3 Å². The molecule has 2 nitrogen and oxygen atoms in total. The van der Waals surface area contributed by atoms with E-state index < -0.39 is 0 Å². The first-order valence-electron chi connectivity index (χ1n) is 7.28. The Morgan fingerprint density at radius 2 is 1.90 bits per heavy atom. The Morgan fingerprint density at radius 3 is 2.55 bits per heavy atom. The number of nitrogen functional groups attached to an aromatic ring is 1. The first-order valence-corrected chi connectivity index (χ1v) is 8.09. The fourth-order valence-corrected chi connectivity index (χ4v) is 4.06. The number of anilines is 1. The number of aryl methyl sites for hydroxylation is 1. The molecule has 2 aromatic rings. The van der Waals surface area contributed by atoms with Crippen molar-refractivity contribution in [3.05, 3.63) is 34.8 Å². The van der Waals surface area contributed by atoms with Crippen LogP contribution in [0.4, 0.5) is 5.69 Å². The zero-order valence-electron chi connectivity index (χ0n) is 12.4. The second kappa shape index (κ2) is 4.88. The number of nitrogens with zero attached hydrogens (tertiary/aromatic N) is 1. The Morgan fingerprint density at radius 1 is 1.20 bits per heavy atom. The number of fused-ring (bicyclic) bond motifs is 1. The molecule has 0 saturated carbocycles. The van der Waals surface area contributed by atoms with Crippen LogP contribution in [0.25, 0.3) is 10.6 Å². The van der Waals surface area contributed by atoms with E-state index in [2.05, 4.69) is 32.9 Å². The SMILES string of the molecule is CC(C)(C)C1CCc2nc(-c3ccc(N)cc3)sc2C1. The summed E-state index contributed by atoms with van der Waals surface area (Å²) in [6, 6.07) is 8.04. The molecule has 106 valence electrons. The zero-order chi connectivity index (χ0) is 14.3. The molecule has 20 heavy (non-hydrogen) atoms. The van der Waals surface area contributed by atoms with E-state index in [0.717, 1.165) is 23.0 Å². The number of hydrogen-bond donors (Lipinski definition) is 1. The number of nitrogens with two attached hydrogens (primary N) is 1. The minimum Gasteiger partial charge on any atom is -0.399 e.